The van der Waals surface area contributed by atoms with Crippen LogP contribution in [-0.4, -0.2) is 48.6 Å². The molecule has 35 heavy (non-hydrogen) atoms. The zero-order chi connectivity index (χ0) is 24.8. The van der Waals surface area contributed by atoms with Crippen LogP contribution in [0.15, 0.2) is 67.0 Å². The summed E-state index contributed by atoms with van der Waals surface area (Å²) in [7, 11) is 3.21. The van der Waals surface area contributed by atoms with Crippen molar-refractivity contribution in [3.05, 3.63) is 89.2 Å². The van der Waals surface area contributed by atoms with E-state index in [0.717, 1.165) is 22.3 Å². The Balaban J connectivity index is 1.55. The van der Waals surface area contributed by atoms with Gasteiger partial charge in [-0.3, -0.25) is 9.78 Å². The smallest absolute Gasteiger partial charge is 0.318 e. The van der Waals surface area contributed by atoms with E-state index in [2.05, 4.69) is 15.6 Å². The van der Waals surface area contributed by atoms with Crippen molar-refractivity contribution >= 4 is 11.9 Å². The number of pyridine rings is 1. The number of amides is 3. The number of nitrogens with one attached hydrogen (secondary N) is 2. The van der Waals surface area contributed by atoms with Crippen molar-refractivity contribution in [2.45, 2.75) is 32.0 Å². The molecule has 1 aromatic heterocycles. The van der Waals surface area contributed by atoms with Crippen LogP contribution in [-0.2, 0) is 17.8 Å². The van der Waals surface area contributed by atoms with E-state index in [-0.39, 0.29) is 18.0 Å². The predicted octanol–water partition coefficient (Wildman–Crippen LogP) is 3.46. The third-order valence-corrected chi connectivity index (χ3v) is 6.20. The maximum Gasteiger partial charge on any atom is 0.318 e. The Labute approximate surface area is 205 Å². The molecule has 2 N–H and O–H groups in total. The fourth-order valence-corrected chi connectivity index (χ4v) is 4.34. The molecule has 2 heterocycles. The van der Waals surface area contributed by atoms with Crippen LogP contribution in [0.3, 0.4) is 0 Å². The summed E-state index contributed by atoms with van der Waals surface area (Å²) >= 11 is 0. The summed E-state index contributed by atoms with van der Waals surface area (Å²) in [5, 5.41) is 5.74. The minimum Gasteiger partial charge on any atom is -0.493 e. The summed E-state index contributed by atoms with van der Waals surface area (Å²) in [5.41, 5.74) is 3.99. The van der Waals surface area contributed by atoms with Gasteiger partial charge in [0.1, 0.15) is 6.04 Å². The van der Waals surface area contributed by atoms with Crippen LogP contribution >= 0.6 is 0 Å². The quantitative estimate of drug-likeness (QED) is 0.547. The van der Waals surface area contributed by atoms with E-state index in [1.165, 1.54) is 0 Å². The van der Waals surface area contributed by atoms with E-state index >= 15 is 0 Å². The van der Waals surface area contributed by atoms with E-state index in [4.69, 9.17) is 9.47 Å². The number of carbonyl (C=O) groups excluding carboxylic acids is 2. The second-order valence-electron chi connectivity index (χ2n) is 8.41. The highest BCUT2D eigenvalue weighted by Gasteiger charge is 2.34. The van der Waals surface area contributed by atoms with E-state index in [1.807, 2.05) is 54.6 Å². The Hall–Kier alpha value is -4.07. The maximum absolute atomic E-state index is 13.4. The van der Waals surface area contributed by atoms with Crippen molar-refractivity contribution < 1.29 is 19.1 Å². The van der Waals surface area contributed by atoms with Gasteiger partial charge in [0, 0.05) is 25.5 Å². The molecule has 0 fully saturated rings. The van der Waals surface area contributed by atoms with Gasteiger partial charge >= 0.3 is 6.03 Å². The first-order valence-electron chi connectivity index (χ1n) is 11.5. The highest BCUT2D eigenvalue weighted by molar-refractivity contribution is 5.87. The van der Waals surface area contributed by atoms with Crippen molar-refractivity contribution in [3.8, 4) is 11.5 Å². The number of methoxy groups -OCH3 is 2. The molecule has 8 nitrogen and oxygen atoms in total. The monoisotopic (exact) mass is 474 g/mol. The molecule has 1 aliphatic rings. The van der Waals surface area contributed by atoms with Gasteiger partial charge in [-0.15, -0.1) is 0 Å². The number of carbonyl (C=O) groups is 2. The van der Waals surface area contributed by atoms with Gasteiger partial charge in [-0.1, -0.05) is 30.3 Å². The number of aromatic nitrogens is 1. The summed E-state index contributed by atoms with van der Waals surface area (Å²) < 4.78 is 11.0. The second-order valence-corrected chi connectivity index (χ2v) is 8.41. The van der Waals surface area contributed by atoms with Crippen LogP contribution in [0.25, 0.3) is 0 Å². The van der Waals surface area contributed by atoms with Crippen molar-refractivity contribution in [3.63, 3.8) is 0 Å². The molecule has 0 saturated heterocycles. The Morgan fingerprint density at radius 3 is 2.43 bits per heavy atom. The van der Waals surface area contributed by atoms with Crippen LogP contribution in [0.5, 0.6) is 11.5 Å². The predicted molar refractivity (Wildman–Crippen MR) is 132 cm³/mol. The Morgan fingerprint density at radius 2 is 1.74 bits per heavy atom. The molecule has 4 rings (SSSR count). The van der Waals surface area contributed by atoms with Crippen molar-refractivity contribution in [1.29, 1.82) is 0 Å². The fraction of sp³-hybridized carbons (Fsp3) is 0.296. The van der Waals surface area contributed by atoms with Crippen LogP contribution in [0.2, 0.25) is 0 Å². The molecule has 2 atom stereocenters. The van der Waals surface area contributed by atoms with Gasteiger partial charge in [0.2, 0.25) is 5.91 Å². The van der Waals surface area contributed by atoms with Crippen LogP contribution in [0, 0.1) is 0 Å². The van der Waals surface area contributed by atoms with Gasteiger partial charge in [0.05, 0.1) is 20.3 Å². The number of rotatable bonds is 7. The Morgan fingerprint density at radius 1 is 1.06 bits per heavy atom. The summed E-state index contributed by atoms with van der Waals surface area (Å²) in [6.45, 7) is 2.55. The first-order chi connectivity index (χ1) is 17.0. The lowest BCUT2D eigenvalue weighted by Gasteiger charge is -2.38. The largest absolute Gasteiger partial charge is 0.493 e. The standard InChI is InChI=1S/C27H30N4O4/c1-18(26(32)29-17-19-9-12-28-13-10-19)30-27(33)31-14-11-21-15-23(34-2)24(35-3)16-22(21)25(31)20-7-5-4-6-8-20/h4-10,12-13,15-16,18,25H,11,14,17H2,1-3H3,(H,29,32)(H,30,33)/t18-,25?/m0/s1. The van der Waals surface area contributed by atoms with E-state index in [9.17, 15) is 9.59 Å². The minimum atomic E-state index is -0.701. The number of nitrogens with zero attached hydrogens (tertiary/aromatic N) is 2. The van der Waals surface area contributed by atoms with Crippen molar-refractivity contribution in [2.24, 2.45) is 0 Å². The number of urea groups is 1. The van der Waals surface area contributed by atoms with Crippen LogP contribution in [0.1, 0.15) is 35.2 Å². The third-order valence-electron chi connectivity index (χ3n) is 6.20. The van der Waals surface area contributed by atoms with Crippen LogP contribution < -0.4 is 20.1 Å². The zero-order valence-electron chi connectivity index (χ0n) is 20.2. The number of hydrogen-bond acceptors (Lipinski definition) is 5. The van der Waals surface area contributed by atoms with Gasteiger partial charge in [-0.2, -0.15) is 0 Å². The number of hydrogen-bond donors (Lipinski definition) is 2. The highest BCUT2D eigenvalue weighted by Crippen LogP contribution is 2.41. The maximum atomic E-state index is 13.4. The molecular weight excluding hydrogens is 444 g/mol. The molecule has 3 amide bonds. The fourth-order valence-electron chi connectivity index (χ4n) is 4.34. The number of fused-ring (bicyclic) bond motifs is 1. The zero-order valence-corrected chi connectivity index (χ0v) is 20.2. The molecule has 0 bridgehead atoms. The lowest BCUT2D eigenvalue weighted by atomic mass is 9.88. The van der Waals surface area contributed by atoms with Gasteiger partial charge < -0.3 is 25.0 Å². The topological polar surface area (TPSA) is 92.8 Å². The molecule has 0 spiro atoms. The SMILES string of the molecule is COc1cc2c(cc1OC)C(c1ccccc1)N(C(=O)N[C@@H](C)C(=O)NCc1ccncc1)CC2. The van der Waals surface area contributed by atoms with E-state index < -0.39 is 6.04 Å². The van der Waals surface area contributed by atoms with Gasteiger partial charge in [-0.25, -0.2) is 4.79 Å². The summed E-state index contributed by atoms with van der Waals surface area (Å²) in [6.07, 6.45) is 4.01. The molecule has 182 valence electrons. The van der Waals surface area contributed by atoms with Crippen molar-refractivity contribution in [2.75, 3.05) is 20.8 Å². The second kappa shape index (κ2) is 10.9. The first kappa shape index (κ1) is 24.1. The Kier molecular flexibility index (Phi) is 7.50. The van der Waals surface area contributed by atoms with Gasteiger partial charge in [0.15, 0.2) is 11.5 Å². The lowest BCUT2D eigenvalue weighted by molar-refractivity contribution is -0.122. The average Bonchev–Trinajstić information content (AvgIpc) is 2.91. The molecule has 1 aliphatic heterocycles. The molecule has 0 saturated carbocycles. The molecule has 1 unspecified atom stereocenters. The number of ether oxygens (including phenoxy) is 2. The molecule has 0 aliphatic carbocycles. The first-order valence-corrected chi connectivity index (χ1v) is 11.5. The average molecular weight is 475 g/mol. The molecule has 3 aromatic rings. The summed E-state index contributed by atoms with van der Waals surface area (Å²) in [4.78, 5) is 31.8. The third kappa shape index (κ3) is 5.37. The van der Waals surface area contributed by atoms with Gasteiger partial charge in [-0.05, 0) is 59.9 Å². The number of benzene rings is 2. The van der Waals surface area contributed by atoms with E-state index in [1.54, 1.807) is 38.4 Å². The van der Waals surface area contributed by atoms with Gasteiger partial charge in [0.25, 0.3) is 0 Å². The molecule has 8 heteroatoms. The summed E-state index contributed by atoms with van der Waals surface area (Å²) in [6, 6.07) is 16.1. The normalized spacial score (nSPS) is 15.5. The molecule has 0 radical (unpaired) electrons. The van der Waals surface area contributed by atoms with E-state index in [0.29, 0.717) is 31.0 Å². The van der Waals surface area contributed by atoms with Crippen molar-refractivity contribution in [1.82, 2.24) is 20.5 Å². The highest BCUT2D eigenvalue weighted by atomic mass is 16.5. The summed E-state index contributed by atoms with van der Waals surface area (Å²) in [5.74, 6) is 1.02. The molecular formula is C27H30N4O4. The lowest BCUT2D eigenvalue weighted by Crippen LogP contribution is -2.52. The Bertz CT molecular complexity index is 1170. The molecule has 2 aromatic carbocycles. The van der Waals surface area contributed by atoms with Crippen LogP contribution in [0.4, 0.5) is 4.79 Å². The minimum absolute atomic E-state index is 0.254.